The molecule has 8 heteroatoms. The number of pyridine rings is 1. The summed E-state index contributed by atoms with van der Waals surface area (Å²) in [6, 6.07) is 4.06. The number of nitrogens with one attached hydrogen (secondary N) is 2. The van der Waals surface area contributed by atoms with Gasteiger partial charge in [0.15, 0.2) is 5.96 Å². The van der Waals surface area contributed by atoms with E-state index in [1.807, 2.05) is 36.3 Å². The predicted molar refractivity (Wildman–Crippen MR) is 106 cm³/mol. The Labute approximate surface area is 159 Å². The second-order valence-electron chi connectivity index (χ2n) is 6.42. The number of hydrogen-bond acceptors (Lipinski definition) is 4. The number of rotatable bonds is 6. The molecule has 1 aliphatic heterocycles. The Morgan fingerprint density at radius 1 is 1.46 bits per heavy atom. The lowest BCUT2D eigenvalue weighted by Crippen LogP contribution is -2.44. The molecular formula is C18H26ClN7. The van der Waals surface area contributed by atoms with E-state index in [0.29, 0.717) is 11.1 Å². The maximum Gasteiger partial charge on any atom is 0.191 e. The molecule has 1 unspecified atom stereocenters. The predicted octanol–water partition coefficient (Wildman–Crippen LogP) is 1.84. The molecule has 0 amide bonds. The highest BCUT2D eigenvalue weighted by Crippen LogP contribution is 2.25. The highest BCUT2D eigenvalue weighted by molar-refractivity contribution is 6.32. The van der Waals surface area contributed by atoms with E-state index < -0.39 is 0 Å². The smallest absolute Gasteiger partial charge is 0.191 e. The zero-order chi connectivity index (χ0) is 18.4. The van der Waals surface area contributed by atoms with Gasteiger partial charge in [0.05, 0.1) is 11.2 Å². The van der Waals surface area contributed by atoms with E-state index in [1.54, 1.807) is 6.20 Å². The number of aliphatic imine (C=N–C) groups is 1. The summed E-state index contributed by atoms with van der Waals surface area (Å²) in [7, 11) is 1.93. The van der Waals surface area contributed by atoms with Gasteiger partial charge in [0.2, 0.25) is 0 Å². The lowest BCUT2D eigenvalue weighted by Gasteiger charge is -2.20. The third kappa shape index (κ3) is 4.88. The first-order valence-electron chi connectivity index (χ1n) is 9.03. The summed E-state index contributed by atoms with van der Waals surface area (Å²) in [6.45, 7) is 5.44. The summed E-state index contributed by atoms with van der Waals surface area (Å²) >= 11 is 6.27. The van der Waals surface area contributed by atoms with Crippen molar-refractivity contribution in [2.45, 2.75) is 25.8 Å². The Morgan fingerprint density at radius 2 is 2.35 bits per heavy atom. The molecule has 1 fully saturated rings. The first kappa shape index (κ1) is 18.5. The Balaban J connectivity index is 1.54. The van der Waals surface area contributed by atoms with Crippen LogP contribution in [0.4, 0.5) is 5.82 Å². The van der Waals surface area contributed by atoms with E-state index in [4.69, 9.17) is 16.6 Å². The third-order valence-corrected chi connectivity index (χ3v) is 4.64. The summed E-state index contributed by atoms with van der Waals surface area (Å²) in [5.74, 6) is 1.72. The number of halogens is 1. The molecule has 2 N–H and O–H groups in total. The molecule has 1 atom stereocenters. The quantitative estimate of drug-likeness (QED) is 0.595. The molecule has 2 aromatic heterocycles. The van der Waals surface area contributed by atoms with Crippen molar-refractivity contribution in [3.8, 4) is 0 Å². The van der Waals surface area contributed by atoms with Crippen LogP contribution < -0.4 is 15.5 Å². The van der Waals surface area contributed by atoms with Gasteiger partial charge in [-0.3, -0.25) is 9.67 Å². The SMILES string of the molecule is CCNC(=NCCc1cnn(C)c1)NC1CCN(c2ncccc2Cl)C1. The van der Waals surface area contributed by atoms with Gasteiger partial charge in [-0.2, -0.15) is 5.10 Å². The molecular weight excluding hydrogens is 350 g/mol. The van der Waals surface area contributed by atoms with Crippen LogP contribution in [0.25, 0.3) is 0 Å². The van der Waals surface area contributed by atoms with Crippen molar-refractivity contribution in [2.75, 3.05) is 31.1 Å². The first-order valence-corrected chi connectivity index (χ1v) is 9.41. The van der Waals surface area contributed by atoms with Gasteiger partial charge in [-0.25, -0.2) is 4.98 Å². The largest absolute Gasteiger partial charge is 0.357 e. The van der Waals surface area contributed by atoms with Crippen LogP contribution in [0.15, 0.2) is 35.7 Å². The maximum absolute atomic E-state index is 6.27. The van der Waals surface area contributed by atoms with Crippen LogP contribution >= 0.6 is 11.6 Å². The fourth-order valence-electron chi connectivity index (χ4n) is 3.09. The third-order valence-electron chi connectivity index (χ3n) is 4.34. The molecule has 0 bridgehead atoms. The van der Waals surface area contributed by atoms with Crippen molar-refractivity contribution in [1.82, 2.24) is 25.4 Å². The molecule has 0 aliphatic carbocycles. The lowest BCUT2D eigenvalue weighted by molar-refractivity contribution is 0.648. The van der Waals surface area contributed by atoms with Gasteiger partial charge in [-0.1, -0.05) is 11.6 Å². The summed E-state index contributed by atoms with van der Waals surface area (Å²) < 4.78 is 1.82. The molecule has 1 saturated heterocycles. The fourth-order valence-corrected chi connectivity index (χ4v) is 3.33. The number of aromatic nitrogens is 3. The summed E-state index contributed by atoms with van der Waals surface area (Å²) in [6.07, 6.45) is 7.61. The van der Waals surface area contributed by atoms with Gasteiger partial charge < -0.3 is 15.5 Å². The molecule has 3 heterocycles. The lowest BCUT2D eigenvalue weighted by atomic mass is 10.2. The maximum atomic E-state index is 6.27. The van der Waals surface area contributed by atoms with Gasteiger partial charge in [-0.05, 0) is 37.5 Å². The average Bonchev–Trinajstić information content (AvgIpc) is 3.25. The number of nitrogens with zero attached hydrogens (tertiary/aromatic N) is 5. The number of aryl methyl sites for hydroxylation is 1. The van der Waals surface area contributed by atoms with Crippen molar-refractivity contribution in [2.24, 2.45) is 12.0 Å². The van der Waals surface area contributed by atoms with E-state index in [2.05, 4.69) is 32.5 Å². The molecule has 0 saturated carbocycles. The minimum Gasteiger partial charge on any atom is -0.357 e. The standard InChI is InChI=1S/C18H26ClN7/c1-3-20-18(22-9-6-14-11-23-25(2)12-14)24-15-7-10-26(13-15)17-16(19)5-4-8-21-17/h4-5,8,11-12,15H,3,6-7,9-10,13H2,1-2H3,(H2,20,22,24). The van der Waals surface area contributed by atoms with E-state index in [1.165, 1.54) is 5.56 Å². The minimum atomic E-state index is 0.323. The summed E-state index contributed by atoms with van der Waals surface area (Å²) in [5, 5.41) is 11.7. The van der Waals surface area contributed by atoms with Crippen LogP contribution in [-0.2, 0) is 13.5 Å². The zero-order valence-electron chi connectivity index (χ0n) is 15.3. The molecule has 0 spiro atoms. The van der Waals surface area contributed by atoms with Crippen LogP contribution in [0.1, 0.15) is 18.9 Å². The molecule has 7 nitrogen and oxygen atoms in total. The van der Waals surface area contributed by atoms with E-state index in [9.17, 15) is 0 Å². The van der Waals surface area contributed by atoms with E-state index in [0.717, 1.165) is 50.8 Å². The molecule has 2 aromatic rings. The van der Waals surface area contributed by atoms with Crippen LogP contribution in [0, 0.1) is 0 Å². The van der Waals surface area contributed by atoms with Crippen molar-refractivity contribution < 1.29 is 0 Å². The highest BCUT2D eigenvalue weighted by Gasteiger charge is 2.25. The molecule has 3 rings (SSSR count). The van der Waals surface area contributed by atoms with E-state index in [-0.39, 0.29) is 0 Å². The van der Waals surface area contributed by atoms with Gasteiger partial charge in [0.25, 0.3) is 0 Å². The van der Waals surface area contributed by atoms with E-state index >= 15 is 0 Å². The number of guanidine groups is 1. The van der Waals surface area contributed by atoms with Gasteiger partial charge >= 0.3 is 0 Å². The average molecular weight is 376 g/mol. The molecule has 0 radical (unpaired) electrons. The fraction of sp³-hybridized carbons (Fsp3) is 0.500. The normalized spacial score (nSPS) is 17.6. The van der Waals surface area contributed by atoms with Crippen LogP contribution in [-0.4, -0.2) is 52.9 Å². The monoisotopic (exact) mass is 375 g/mol. The van der Waals surface area contributed by atoms with Crippen molar-refractivity contribution >= 4 is 23.4 Å². The first-order chi connectivity index (χ1) is 12.7. The Hall–Kier alpha value is -2.28. The topological polar surface area (TPSA) is 70.4 Å². The van der Waals surface area contributed by atoms with Crippen molar-refractivity contribution in [3.05, 3.63) is 41.3 Å². The Kier molecular flexibility index (Phi) is 6.33. The van der Waals surface area contributed by atoms with Gasteiger partial charge in [0, 0.05) is 51.7 Å². The zero-order valence-corrected chi connectivity index (χ0v) is 16.1. The molecule has 0 aromatic carbocycles. The molecule has 1 aliphatic rings. The Bertz CT molecular complexity index is 743. The van der Waals surface area contributed by atoms with Gasteiger partial charge in [-0.15, -0.1) is 0 Å². The summed E-state index contributed by atoms with van der Waals surface area (Å²) in [4.78, 5) is 11.3. The summed E-state index contributed by atoms with van der Waals surface area (Å²) in [5.41, 5.74) is 1.20. The molecule has 140 valence electrons. The number of anilines is 1. The van der Waals surface area contributed by atoms with Crippen molar-refractivity contribution in [1.29, 1.82) is 0 Å². The second-order valence-corrected chi connectivity index (χ2v) is 6.82. The Morgan fingerprint density at radius 3 is 3.08 bits per heavy atom. The van der Waals surface area contributed by atoms with Crippen LogP contribution in [0.2, 0.25) is 5.02 Å². The molecule has 26 heavy (non-hydrogen) atoms. The highest BCUT2D eigenvalue weighted by atomic mass is 35.5. The number of hydrogen-bond donors (Lipinski definition) is 2. The van der Waals surface area contributed by atoms with Crippen LogP contribution in [0.3, 0.4) is 0 Å². The van der Waals surface area contributed by atoms with Gasteiger partial charge in [0.1, 0.15) is 5.82 Å². The van der Waals surface area contributed by atoms with Crippen molar-refractivity contribution in [3.63, 3.8) is 0 Å². The second kappa shape index (κ2) is 8.89. The van der Waals surface area contributed by atoms with Crippen LogP contribution in [0.5, 0.6) is 0 Å². The minimum absolute atomic E-state index is 0.323.